The number of likely N-dealkylation sites (tertiary alicyclic amines) is 1. The fourth-order valence-corrected chi connectivity index (χ4v) is 3.35. The van der Waals surface area contributed by atoms with Crippen LogP contribution in [0.1, 0.15) is 45.1 Å². The van der Waals surface area contributed by atoms with Gasteiger partial charge in [-0.2, -0.15) is 0 Å². The molecule has 1 aliphatic heterocycles. The van der Waals surface area contributed by atoms with E-state index in [9.17, 15) is 9.18 Å². The van der Waals surface area contributed by atoms with E-state index in [-0.39, 0.29) is 23.6 Å². The van der Waals surface area contributed by atoms with Gasteiger partial charge < -0.3 is 14.4 Å². The predicted molar refractivity (Wildman–Crippen MR) is 95.5 cm³/mol. The molecule has 1 heterocycles. The van der Waals surface area contributed by atoms with E-state index in [1.54, 1.807) is 11.0 Å². The predicted octanol–water partition coefficient (Wildman–Crippen LogP) is 4.55. The van der Waals surface area contributed by atoms with Crippen LogP contribution in [0.3, 0.4) is 0 Å². The minimum atomic E-state index is -0.497. The number of methoxy groups -OCH3 is 1. The van der Waals surface area contributed by atoms with Crippen molar-refractivity contribution in [2.45, 2.75) is 45.1 Å². The third-order valence-electron chi connectivity index (χ3n) is 3.84. The first kappa shape index (κ1) is 18.3. The fourth-order valence-electron chi connectivity index (χ4n) is 2.73. The number of rotatable bonds is 2. The van der Waals surface area contributed by atoms with Crippen LogP contribution in [0, 0.1) is 9.39 Å². The van der Waals surface area contributed by atoms with Crippen molar-refractivity contribution in [3.63, 3.8) is 0 Å². The van der Waals surface area contributed by atoms with Gasteiger partial charge in [-0.1, -0.05) is 0 Å². The molecule has 0 radical (unpaired) electrons. The maximum atomic E-state index is 14.5. The van der Waals surface area contributed by atoms with E-state index in [2.05, 4.69) is 22.6 Å². The number of hydrogen-bond acceptors (Lipinski definition) is 3. The maximum absolute atomic E-state index is 14.5. The lowest BCUT2D eigenvalue weighted by Gasteiger charge is -2.33. The number of nitrogens with zero attached hydrogens (tertiary/aromatic N) is 1. The SMILES string of the molecule is COc1cc(I)cc(C2CCN(C(=O)OC(C)(C)C)CC2)c1F. The van der Waals surface area contributed by atoms with Crippen molar-refractivity contribution in [2.24, 2.45) is 0 Å². The average molecular weight is 435 g/mol. The molecule has 0 atom stereocenters. The van der Waals surface area contributed by atoms with Gasteiger partial charge in [0.15, 0.2) is 11.6 Å². The average Bonchev–Trinajstić information content (AvgIpc) is 2.47. The van der Waals surface area contributed by atoms with E-state index in [1.807, 2.05) is 26.8 Å². The highest BCUT2D eigenvalue weighted by Crippen LogP contribution is 2.35. The zero-order valence-corrected chi connectivity index (χ0v) is 16.1. The summed E-state index contributed by atoms with van der Waals surface area (Å²) in [6.45, 7) is 6.71. The normalized spacial score (nSPS) is 16.3. The second-order valence-electron chi connectivity index (χ2n) is 6.75. The third kappa shape index (κ3) is 4.71. The van der Waals surface area contributed by atoms with Gasteiger partial charge in [0.25, 0.3) is 0 Å². The summed E-state index contributed by atoms with van der Waals surface area (Å²) >= 11 is 2.17. The van der Waals surface area contributed by atoms with Gasteiger partial charge in [-0.25, -0.2) is 9.18 Å². The number of halogens is 2. The fraction of sp³-hybridized carbons (Fsp3) is 0.588. The number of carbonyl (C=O) groups excluding carboxylic acids is 1. The molecule has 1 amide bonds. The molecule has 4 nitrogen and oxygen atoms in total. The highest BCUT2D eigenvalue weighted by Gasteiger charge is 2.29. The van der Waals surface area contributed by atoms with Gasteiger partial charge in [-0.05, 0) is 79.8 Å². The zero-order chi connectivity index (χ0) is 17.2. The first-order valence-corrected chi connectivity index (χ1v) is 8.80. The van der Waals surface area contributed by atoms with Crippen molar-refractivity contribution in [1.29, 1.82) is 0 Å². The molecule has 0 unspecified atom stereocenters. The van der Waals surface area contributed by atoms with E-state index in [1.165, 1.54) is 7.11 Å². The second-order valence-corrected chi connectivity index (χ2v) is 8.00. The lowest BCUT2D eigenvalue weighted by atomic mass is 9.89. The van der Waals surface area contributed by atoms with Gasteiger partial charge >= 0.3 is 6.09 Å². The van der Waals surface area contributed by atoms with E-state index in [0.717, 1.165) is 16.4 Å². The quantitative estimate of drug-likeness (QED) is 0.640. The first-order chi connectivity index (χ1) is 10.7. The summed E-state index contributed by atoms with van der Waals surface area (Å²) in [6.07, 6.45) is 1.15. The molecule has 1 aliphatic rings. The van der Waals surface area contributed by atoms with Gasteiger partial charge in [0, 0.05) is 16.7 Å². The van der Waals surface area contributed by atoms with Crippen molar-refractivity contribution in [1.82, 2.24) is 4.90 Å². The third-order valence-corrected chi connectivity index (χ3v) is 4.46. The van der Waals surface area contributed by atoms with Crippen LogP contribution in [0.4, 0.5) is 9.18 Å². The Hall–Kier alpha value is -1.05. The van der Waals surface area contributed by atoms with Crippen LogP contribution >= 0.6 is 22.6 Å². The van der Waals surface area contributed by atoms with Crippen molar-refractivity contribution in [3.8, 4) is 5.75 Å². The van der Waals surface area contributed by atoms with Crippen molar-refractivity contribution in [2.75, 3.05) is 20.2 Å². The van der Waals surface area contributed by atoms with Gasteiger partial charge in [-0.15, -0.1) is 0 Å². The Labute approximate surface area is 150 Å². The van der Waals surface area contributed by atoms with E-state index in [4.69, 9.17) is 9.47 Å². The van der Waals surface area contributed by atoms with Gasteiger partial charge in [-0.3, -0.25) is 0 Å². The van der Waals surface area contributed by atoms with E-state index < -0.39 is 5.60 Å². The summed E-state index contributed by atoms with van der Waals surface area (Å²) in [5, 5.41) is 0. The molecule has 0 aliphatic carbocycles. The van der Waals surface area contributed by atoms with Gasteiger partial charge in [0.05, 0.1) is 7.11 Å². The minimum Gasteiger partial charge on any atom is -0.494 e. The zero-order valence-electron chi connectivity index (χ0n) is 14.0. The van der Waals surface area contributed by atoms with Crippen LogP contribution < -0.4 is 4.74 Å². The van der Waals surface area contributed by atoms with E-state index >= 15 is 0 Å². The Balaban J connectivity index is 2.05. The Morgan fingerprint density at radius 1 is 1.30 bits per heavy atom. The number of benzene rings is 1. The molecule has 1 fully saturated rings. The molecule has 0 saturated carbocycles. The summed E-state index contributed by atoms with van der Waals surface area (Å²) in [4.78, 5) is 13.8. The molecule has 2 rings (SSSR count). The molecule has 23 heavy (non-hydrogen) atoms. The number of hydrogen-bond donors (Lipinski definition) is 0. The van der Waals surface area contributed by atoms with Crippen LogP contribution in [0.25, 0.3) is 0 Å². The van der Waals surface area contributed by atoms with Gasteiger partial charge in [0.1, 0.15) is 5.60 Å². The monoisotopic (exact) mass is 435 g/mol. The van der Waals surface area contributed by atoms with Crippen molar-refractivity contribution < 1.29 is 18.7 Å². The lowest BCUT2D eigenvalue weighted by Crippen LogP contribution is -2.41. The Bertz CT molecular complexity index is 578. The van der Waals surface area contributed by atoms with Crippen LogP contribution in [-0.4, -0.2) is 36.8 Å². The Morgan fingerprint density at radius 3 is 2.43 bits per heavy atom. The minimum absolute atomic E-state index is 0.0947. The van der Waals surface area contributed by atoms with Crippen LogP contribution in [0.2, 0.25) is 0 Å². The molecule has 6 heteroatoms. The Kier molecular flexibility index (Phi) is 5.75. The Morgan fingerprint density at radius 2 is 1.91 bits per heavy atom. The lowest BCUT2D eigenvalue weighted by molar-refractivity contribution is 0.0204. The van der Waals surface area contributed by atoms with Crippen LogP contribution in [-0.2, 0) is 4.74 Å². The van der Waals surface area contributed by atoms with Crippen molar-refractivity contribution in [3.05, 3.63) is 27.1 Å². The molecule has 0 bridgehead atoms. The molecule has 0 spiro atoms. The molecular formula is C17H23FINO3. The summed E-state index contributed by atoms with van der Waals surface area (Å²) in [7, 11) is 1.48. The number of carbonyl (C=O) groups is 1. The summed E-state index contributed by atoms with van der Waals surface area (Å²) in [5.74, 6) is 0.0856. The number of ether oxygens (including phenoxy) is 2. The van der Waals surface area contributed by atoms with E-state index in [0.29, 0.717) is 18.7 Å². The topological polar surface area (TPSA) is 38.8 Å². The standard InChI is InChI=1S/C17H23FINO3/c1-17(2,3)23-16(21)20-7-5-11(6-8-20)13-9-12(19)10-14(22-4)15(13)18/h9-11H,5-8H2,1-4H3. The highest BCUT2D eigenvalue weighted by molar-refractivity contribution is 14.1. The molecule has 128 valence electrons. The molecular weight excluding hydrogens is 412 g/mol. The largest absolute Gasteiger partial charge is 0.494 e. The van der Waals surface area contributed by atoms with Gasteiger partial charge in [0.2, 0.25) is 0 Å². The number of amides is 1. The molecule has 1 saturated heterocycles. The molecule has 1 aromatic rings. The molecule has 0 aromatic heterocycles. The second kappa shape index (κ2) is 7.23. The summed E-state index contributed by atoms with van der Waals surface area (Å²) in [5.41, 5.74) is 0.181. The van der Waals surface area contributed by atoms with Crippen LogP contribution in [0.15, 0.2) is 12.1 Å². The van der Waals surface area contributed by atoms with Crippen LogP contribution in [0.5, 0.6) is 5.75 Å². The summed E-state index contributed by atoms with van der Waals surface area (Å²) < 4.78 is 25.9. The smallest absolute Gasteiger partial charge is 0.410 e. The number of piperidine rings is 1. The summed E-state index contributed by atoms with van der Waals surface area (Å²) in [6, 6.07) is 3.56. The first-order valence-electron chi connectivity index (χ1n) is 7.72. The van der Waals surface area contributed by atoms with Crippen molar-refractivity contribution >= 4 is 28.7 Å². The highest BCUT2D eigenvalue weighted by atomic mass is 127. The molecule has 1 aromatic carbocycles. The molecule has 0 N–H and O–H groups in total. The maximum Gasteiger partial charge on any atom is 0.410 e.